The van der Waals surface area contributed by atoms with Gasteiger partial charge < -0.3 is 0 Å². The molecule has 68 valence electrons. The van der Waals surface area contributed by atoms with Gasteiger partial charge in [0.1, 0.15) is 6.07 Å². The van der Waals surface area contributed by atoms with E-state index in [-0.39, 0.29) is 5.41 Å². The van der Waals surface area contributed by atoms with Crippen LogP contribution < -0.4 is 0 Å². The summed E-state index contributed by atoms with van der Waals surface area (Å²) in [5, 5.41) is 8.82. The van der Waals surface area contributed by atoms with E-state index in [1.165, 1.54) is 0 Å². The maximum atomic E-state index is 8.82. The van der Waals surface area contributed by atoms with Gasteiger partial charge in [-0.2, -0.15) is 5.26 Å². The van der Waals surface area contributed by atoms with Crippen LogP contribution in [0.25, 0.3) is 0 Å². The number of aryl methyl sites for hydroxylation is 1. The molecule has 0 fully saturated rings. The fourth-order valence-electron chi connectivity index (χ4n) is 1.08. The van der Waals surface area contributed by atoms with Crippen LogP contribution in [0, 0.1) is 18.3 Å². The maximum absolute atomic E-state index is 8.82. The van der Waals surface area contributed by atoms with Gasteiger partial charge >= 0.3 is 0 Å². The van der Waals surface area contributed by atoms with E-state index in [1.54, 1.807) is 6.20 Å². The first kappa shape index (κ1) is 9.66. The summed E-state index contributed by atoms with van der Waals surface area (Å²) in [6, 6.07) is 2.06. The summed E-state index contributed by atoms with van der Waals surface area (Å²) in [7, 11) is 0. The number of rotatable bonds is 0. The topological polar surface area (TPSA) is 49.6 Å². The highest BCUT2D eigenvalue weighted by atomic mass is 14.8. The van der Waals surface area contributed by atoms with Crippen LogP contribution in [-0.2, 0) is 5.41 Å². The quantitative estimate of drug-likeness (QED) is 0.605. The van der Waals surface area contributed by atoms with E-state index in [0.29, 0.717) is 5.69 Å². The van der Waals surface area contributed by atoms with E-state index < -0.39 is 0 Å². The van der Waals surface area contributed by atoms with Gasteiger partial charge in [-0.3, -0.25) is 4.98 Å². The average molecular weight is 175 g/mol. The van der Waals surface area contributed by atoms with Crippen molar-refractivity contribution < 1.29 is 0 Å². The summed E-state index contributed by atoms with van der Waals surface area (Å²) in [5.41, 5.74) is 1.93. The Balaban J connectivity index is 3.35. The lowest BCUT2D eigenvalue weighted by Gasteiger charge is -2.18. The fourth-order valence-corrected chi connectivity index (χ4v) is 1.08. The number of aromatic nitrogens is 2. The van der Waals surface area contributed by atoms with Crippen molar-refractivity contribution in [3.63, 3.8) is 0 Å². The standard InChI is InChI=1S/C10H13N3/c1-7-6-12-8(5-11)9(13-7)10(2,3)4/h6H,1-4H3. The first-order valence-electron chi connectivity index (χ1n) is 4.19. The average Bonchev–Trinajstić information content (AvgIpc) is 2.03. The van der Waals surface area contributed by atoms with Crippen molar-refractivity contribution >= 4 is 0 Å². The third kappa shape index (κ3) is 2.03. The zero-order chi connectivity index (χ0) is 10.1. The lowest BCUT2D eigenvalue weighted by Crippen LogP contribution is -2.17. The molecule has 0 N–H and O–H groups in total. The number of hydrogen-bond acceptors (Lipinski definition) is 3. The first-order valence-corrected chi connectivity index (χ1v) is 4.19. The van der Waals surface area contributed by atoms with E-state index in [0.717, 1.165) is 11.4 Å². The second-order valence-electron chi connectivity index (χ2n) is 4.07. The molecule has 1 aromatic heterocycles. The van der Waals surface area contributed by atoms with Crippen LogP contribution in [-0.4, -0.2) is 9.97 Å². The molecule has 0 radical (unpaired) electrons. The number of nitriles is 1. The molecular formula is C10H13N3. The molecule has 13 heavy (non-hydrogen) atoms. The highest BCUT2D eigenvalue weighted by Gasteiger charge is 2.20. The highest BCUT2D eigenvalue weighted by molar-refractivity contribution is 5.30. The van der Waals surface area contributed by atoms with E-state index in [2.05, 4.69) is 16.0 Å². The monoisotopic (exact) mass is 175 g/mol. The molecule has 0 spiro atoms. The minimum atomic E-state index is -0.121. The Morgan fingerprint density at radius 2 is 2.00 bits per heavy atom. The molecule has 0 aromatic carbocycles. The van der Waals surface area contributed by atoms with Gasteiger partial charge in [0.25, 0.3) is 0 Å². The molecule has 0 unspecified atom stereocenters. The number of hydrogen-bond donors (Lipinski definition) is 0. The Hall–Kier alpha value is -1.43. The third-order valence-corrected chi connectivity index (χ3v) is 1.71. The van der Waals surface area contributed by atoms with Crippen LogP contribution in [0.3, 0.4) is 0 Å². The van der Waals surface area contributed by atoms with Gasteiger partial charge in [-0.25, -0.2) is 4.98 Å². The summed E-state index contributed by atoms with van der Waals surface area (Å²) >= 11 is 0. The van der Waals surface area contributed by atoms with Gasteiger partial charge in [-0.15, -0.1) is 0 Å². The van der Waals surface area contributed by atoms with Gasteiger partial charge in [-0.1, -0.05) is 20.8 Å². The first-order chi connectivity index (χ1) is 5.95. The Labute approximate surface area is 78.5 Å². The molecule has 0 aliphatic carbocycles. The zero-order valence-electron chi connectivity index (χ0n) is 8.42. The van der Waals surface area contributed by atoms with E-state index in [9.17, 15) is 0 Å². The predicted octanol–water partition coefficient (Wildman–Crippen LogP) is 1.95. The molecule has 3 nitrogen and oxygen atoms in total. The van der Waals surface area contributed by atoms with Crippen molar-refractivity contribution in [1.82, 2.24) is 9.97 Å². The van der Waals surface area contributed by atoms with Crippen molar-refractivity contribution in [1.29, 1.82) is 5.26 Å². The van der Waals surface area contributed by atoms with Crippen LogP contribution in [0.1, 0.15) is 37.9 Å². The highest BCUT2D eigenvalue weighted by Crippen LogP contribution is 2.22. The van der Waals surface area contributed by atoms with Crippen molar-refractivity contribution in [2.45, 2.75) is 33.1 Å². The number of nitrogens with zero attached hydrogens (tertiary/aromatic N) is 3. The Bertz CT molecular complexity index is 355. The van der Waals surface area contributed by atoms with Crippen molar-refractivity contribution in [2.24, 2.45) is 0 Å². The van der Waals surface area contributed by atoms with Gasteiger partial charge in [0.05, 0.1) is 11.4 Å². The molecule has 0 bridgehead atoms. The molecule has 0 atom stereocenters. The van der Waals surface area contributed by atoms with Crippen LogP contribution >= 0.6 is 0 Å². The third-order valence-electron chi connectivity index (χ3n) is 1.71. The van der Waals surface area contributed by atoms with Gasteiger partial charge in [0.15, 0.2) is 5.69 Å². The summed E-state index contributed by atoms with van der Waals surface area (Å²) in [6.07, 6.45) is 1.62. The second-order valence-corrected chi connectivity index (χ2v) is 4.07. The summed E-state index contributed by atoms with van der Waals surface area (Å²) in [5.74, 6) is 0. The van der Waals surface area contributed by atoms with Gasteiger partial charge in [-0.05, 0) is 6.92 Å². The minimum Gasteiger partial charge on any atom is -0.253 e. The largest absolute Gasteiger partial charge is 0.253 e. The molecule has 0 aliphatic heterocycles. The molecule has 0 amide bonds. The van der Waals surface area contributed by atoms with Crippen LogP contribution in [0.5, 0.6) is 0 Å². The molecule has 3 heteroatoms. The molecule has 0 aliphatic rings. The van der Waals surface area contributed by atoms with Crippen LogP contribution in [0.4, 0.5) is 0 Å². The predicted molar refractivity (Wildman–Crippen MR) is 50.2 cm³/mol. The maximum Gasteiger partial charge on any atom is 0.162 e. The van der Waals surface area contributed by atoms with E-state index in [4.69, 9.17) is 5.26 Å². The Morgan fingerprint density at radius 1 is 1.38 bits per heavy atom. The SMILES string of the molecule is Cc1cnc(C#N)c(C(C)(C)C)n1. The van der Waals surface area contributed by atoms with Crippen LogP contribution in [0.2, 0.25) is 0 Å². The molecule has 0 saturated heterocycles. The second kappa shape index (κ2) is 3.14. The van der Waals surface area contributed by atoms with Crippen molar-refractivity contribution in [3.8, 4) is 6.07 Å². The smallest absolute Gasteiger partial charge is 0.162 e. The lowest BCUT2D eigenvalue weighted by molar-refractivity contribution is 0.561. The van der Waals surface area contributed by atoms with Gasteiger partial charge in [0.2, 0.25) is 0 Å². The summed E-state index contributed by atoms with van der Waals surface area (Å²) in [4.78, 5) is 8.37. The van der Waals surface area contributed by atoms with Crippen molar-refractivity contribution in [2.75, 3.05) is 0 Å². The van der Waals surface area contributed by atoms with Gasteiger partial charge in [0, 0.05) is 11.6 Å². The lowest BCUT2D eigenvalue weighted by atomic mass is 9.90. The Kier molecular flexibility index (Phi) is 2.33. The fraction of sp³-hybridized carbons (Fsp3) is 0.500. The molecular weight excluding hydrogens is 162 g/mol. The summed E-state index contributed by atoms with van der Waals surface area (Å²) in [6.45, 7) is 7.95. The molecule has 1 aromatic rings. The van der Waals surface area contributed by atoms with Crippen molar-refractivity contribution in [3.05, 3.63) is 23.3 Å². The molecule has 0 saturated carbocycles. The van der Waals surface area contributed by atoms with Crippen LogP contribution in [0.15, 0.2) is 6.20 Å². The zero-order valence-corrected chi connectivity index (χ0v) is 8.42. The molecule has 1 rings (SSSR count). The van der Waals surface area contributed by atoms with E-state index in [1.807, 2.05) is 27.7 Å². The Morgan fingerprint density at radius 3 is 2.46 bits per heavy atom. The normalized spacial score (nSPS) is 11.0. The molecule has 1 heterocycles. The minimum absolute atomic E-state index is 0.121. The summed E-state index contributed by atoms with van der Waals surface area (Å²) < 4.78 is 0. The van der Waals surface area contributed by atoms with E-state index >= 15 is 0 Å².